The Labute approximate surface area is 180 Å². The molecule has 3 heterocycles. The predicted octanol–water partition coefficient (Wildman–Crippen LogP) is 3.29. The maximum atomic E-state index is 11.0. The molecular weight excluding hydrogens is 394 g/mol. The van der Waals surface area contributed by atoms with Crippen LogP contribution in [0.3, 0.4) is 0 Å². The summed E-state index contributed by atoms with van der Waals surface area (Å²) in [6.07, 6.45) is 2.52. The number of hydrogen-bond donors (Lipinski definition) is 1. The first-order valence-corrected chi connectivity index (χ1v) is 10.8. The number of carboxylic acid groups (broad SMARTS) is 1. The number of rotatable bonds is 5. The van der Waals surface area contributed by atoms with Crippen molar-refractivity contribution in [1.29, 1.82) is 0 Å². The van der Waals surface area contributed by atoms with Crippen molar-refractivity contribution in [2.45, 2.75) is 52.1 Å². The predicted molar refractivity (Wildman–Crippen MR) is 116 cm³/mol. The number of carboxylic acids is 1. The van der Waals surface area contributed by atoms with Gasteiger partial charge in [-0.2, -0.15) is 9.50 Å². The summed E-state index contributed by atoms with van der Waals surface area (Å²) in [7, 11) is 0. The van der Waals surface area contributed by atoms with Gasteiger partial charge in [-0.1, -0.05) is 12.1 Å². The molecule has 8 heteroatoms. The molecule has 2 fully saturated rings. The fraction of sp³-hybridized carbons (Fsp3) is 0.478. The molecule has 2 aliphatic rings. The van der Waals surface area contributed by atoms with Gasteiger partial charge in [0, 0.05) is 18.7 Å². The summed E-state index contributed by atoms with van der Waals surface area (Å²) in [5.74, 6) is 1.62. The van der Waals surface area contributed by atoms with Gasteiger partial charge < -0.3 is 14.7 Å². The molecule has 0 amide bonds. The van der Waals surface area contributed by atoms with Gasteiger partial charge in [-0.15, -0.1) is 5.10 Å². The number of aromatic nitrogens is 4. The molecule has 1 aromatic carbocycles. The molecule has 1 N–H and O–H groups in total. The second-order valence-electron chi connectivity index (χ2n) is 8.75. The average Bonchev–Trinajstić information content (AvgIpc) is 3.30. The number of ether oxygens (including phenoxy) is 1. The van der Waals surface area contributed by atoms with E-state index in [9.17, 15) is 4.79 Å². The summed E-state index contributed by atoms with van der Waals surface area (Å²) in [6.45, 7) is 7.56. The van der Waals surface area contributed by atoms with E-state index in [2.05, 4.69) is 44.2 Å². The van der Waals surface area contributed by atoms with Gasteiger partial charge in [0.2, 0.25) is 0 Å². The molecule has 1 saturated heterocycles. The normalized spacial score (nSPS) is 23.2. The van der Waals surface area contributed by atoms with Crippen LogP contribution in [0.25, 0.3) is 5.78 Å². The van der Waals surface area contributed by atoms with Gasteiger partial charge in [0.05, 0.1) is 23.9 Å². The van der Waals surface area contributed by atoms with Crippen LogP contribution in [0, 0.1) is 26.7 Å². The van der Waals surface area contributed by atoms with Crippen molar-refractivity contribution in [1.82, 2.24) is 19.6 Å². The lowest BCUT2D eigenvalue weighted by Crippen LogP contribution is -2.28. The van der Waals surface area contributed by atoms with Crippen LogP contribution in [-0.4, -0.2) is 49.9 Å². The minimum absolute atomic E-state index is 0.0869. The van der Waals surface area contributed by atoms with Crippen molar-refractivity contribution in [3.05, 3.63) is 47.0 Å². The molecule has 0 spiro atoms. The highest BCUT2D eigenvalue weighted by Gasteiger charge is 2.35. The second kappa shape index (κ2) is 7.51. The van der Waals surface area contributed by atoms with E-state index in [1.165, 1.54) is 11.3 Å². The molecule has 5 rings (SSSR count). The van der Waals surface area contributed by atoms with Gasteiger partial charge in [0.25, 0.3) is 5.78 Å². The highest BCUT2D eigenvalue weighted by Crippen LogP contribution is 2.42. The molecule has 8 nitrogen and oxygen atoms in total. The maximum absolute atomic E-state index is 11.0. The van der Waals surface area contributed by atoms with E-state index in [0.29, 0.717) is 17.5 Å². The molecule has 2 aromatic heterocycles. The van der Waals surface area contributed by atoms with Crippen LogP contribution >= 0.6 is 0 Å². The standard InChI is InChI=1S/C23H27N5O3/c1-13-21(14(2)28-23(24-13)25-15(3)26-28)31-20-8-9-27(12-20)19-6-4-16(5-7-19)17-10-18(11-17)22(29)30/h4-7,17-18,20H,8-12H2,1-3H3,(H,29,30)/t17-,18-,20-/m1/s1. The quantitative estimate of drug-likeness (QED) is 0.676. The number of benzene rings is 1. The SMILES string of the molecule is Cc1nc2nc(C)c(O[C@@H]3CCN(c4ccc([C@H]5C[C@H](C(=O)O)C5)cc4)C3)c(C)n2n1. The summed E-state index contributed by atoms with van der Waals surface area (Å²) in [4.78, 5) is 22.3. The van der Waals surface area contributed by atoms with E-state index in [1.54, 1.807) is 4.52 Å². The van der Waals surface area contributed by atoms with Crippen molar-refractivity contribution >= 4 is 17.4 Å². The van der Waals surface area contributed by atoms with Crippen LogP contribution in [0.2, 0.25) is 0 Å². The third kappa shape index (κ3) is 3.60. The highest BCUT2D eigenvalue weighted by atomic mass is 16.5. The monoisotopic (exact) mass is 421 g/mol. The summed E-state index contributed by atoms with van der Waals surface area (Å²) >= 11 is 0. The fourth-order valence-corrected chi connectivity index (χ4v) is 4.71. The van der Waals surface area contributed by atoms with Gasteiger partial charge in [-0.05, 0) is 57.2 Å². The van der Waals surface area contributed by atoms with E-state index in [-0.39, 0.29) is 12.0 Å². The van der Waals surface area contributed by atoms with Gasteiger partial charge in [0.1, 0.15) is 11.9 Å². The molecule has 3 aromatic rings. The molecule has 162 valence electrons. The number of nitrogens with zero attached hydrogens (tertiary/aromatic N) is 5. The fourth-order valence-electron chi connectivity index (χ4n) is 4.71. The van der Waals surface area contributed by atoms with Crippen LogP contribution in [0.5, 0.6) is 5.75 Å². The number of aliphatic carboxylic acids is 1. The molecule has 31 heavy (non-hydrogen) atoms. The number of aryl methyl sites for hydroxylation is 3. The Morgan fingerprint density at radius 2 is 1.87 bits per heavy atom. The largest absolute Gasteiger partial charge is 0.485 e. The van der Waals surface area contributed by atoms with Crippen LogP contribution in [-0.2, 0) is 4.79 Å². The Bertz CT molecular complexity index is 1130. The van der Waals surface area contributed by atoms with E-state index >= 15 is 0 Å². The van der Waals surface area contributed by atoms with Crippen molar-refractivity contribution < 1.29 is 14.6 Å². The van der Waals surface area contributed by atoms with Gasteiger partial charge in [-0.3, -0.25) is 4.79 Å². The molecular formula is C23H27N5O3. The van der Waals surface area contributed by atoms with Crippen LogP contribution in [0.4, 0.5) is 5.69 Å². The van der Waals surface area contributed by atoms with E-state index in [4.69, 9.17) is 9.84 Å². The molecule has 0 bridgehead atoms. The molecule has 1 aliphatic carbocycles. The summed E-state index contributed by atoms with van der Waals surface area (Å²) in [5, 5.41) is 13.5. The van der Waals surface area contributed by atoms with Crippen LogP contribution < -0.4 is 9.64 Å². The maximum Gasteiger partial charge on any atom is 0.306 e. The zero-order chi connectivity index (χ0) is 21.7. The van der Waals surface area contributed by atoms with Crippen LogP contribution in [0.15, 0.2) is 24.3 Å². The average molecular weight is 422 g/mol. The van der Waals surface area contributed by atoms with Gasteiger partial charge in [-0.25, -0.2) is 4.98 Å². The van der Waals surface area contributed by atoms with Crippen molar-refractivity contribution in [2.75, 3.05) is 18.0 Å². The molecule has 1 aliphatic heterocycles. The Kier molecular flexibility index (Phi) is 4.79. The molecule has 0 radical (unpaired) electrons. The van der Waals surface area contributed by atoms with E-state index in [0.717, 1.165) is 49.5 Å². The van der Waals surface area contributed by atoms with E-state index in [1.807, 2.05) is 20.8 Å². The van der Waals surface area contributed by atoms with E-state index < -0.39 is 5.97 Å². The molecule has 1 atom stereocenters. The zero-order valence-electron chi connectivity index (χ0n) is 18.1. The zero-order valence-corrected chi connectivity index (χ0v) is 18.1. The first-order valence-electron chi connectivity index (χ1n) is 10.8. The summed E-state index contributed by atoms with van der Waals surface area (Å²) < 4.78 is 8.13. The number of hydrogen-bond acceptors (Lipinski definition) is 6. The minimum atomic E-state index is -0.672. The smallest absolute Gasteiger partial charge is 0.306 e. The van der Waals surface area contributed by atoms with Crippen molar-refractivity contribution in [3.63, 3.8) is 0 Å². The Morgan fingerprint density at radius 3 is 2.58 bits per heavy atom. The number of anilines is 1. The summed E-state index contributed by atoms with van der Waals surface area (Å²) in [6, 6.07) is 8.58. The second-order valence-corrected chi connectivity index (χ2v) is 8.75. The highest BCUT2D eigenvalue weighted by molar-refractivity contribution is 5.71. The minimum Gasteiger partial charge on any atom is -0.485 e. The van der Waals surface area contributed by atoms with Crippen molar-refractivity contribution in [2.24, 2.45) is 5.92 Å². The van der Waals surface area contributed by atoms with Gasteiger partial charge in [0.15, 0.2) is 5.75 Å². The molecule has 1 saturated carbocycles. The van der Waals surface area contributed by atoms with Crippen molar-refractivity contribution in [3.8, 4) is 5.75 Å². The lowest BCUT2D eigenvalue weighted by molar-refractivity contribution is -0.145. The first kappa shape index (κ1) is 19.8. The van der Waals surface area contributed by atoms with Gasteiger partial charge >= 0.3 is 5.97 Å². The van der Waals surface area contributed by atoms with Crippen LogP contribution in [0.1, 0.15) is 48.0 Å². The first-order chi connectivity index (χ1) is 14.9. The molecule has 0 unspecified atom stereocenters. The Hall–Kier alpha value is -3.16. The Balaban J connectivity index is 1.25. The third-order valence-electron chi connectivity index (χ3n) is 6.59. The number of carbonyl (C=O) groups is 1. The topological polar surface area (TPSA) is 92.9 Å². The Morgan fingerprint density at radius 1 is 1.13 bits per heavy atom. The lowest BCUT2D eigenvalue weighted by Gasteiger charge is -2.33. The summed E-state index contributed by atoms with van der Waals surface area (Å²) in [5.41, 5.74) is 4.17. The third-order valence-corrected chi connectivity index (χ3v) is 6.59. The number of fused-ring (bicyclic) bond motifs is 1. The lowest BCUT2D eigenvalue weighted by atomic mass is 9.71.